The van der Waals surface area contributed by atoms with E-state index >= 15 is 4.39 Å². The van der Waals surface area contributed by atoms with Crippen LogP contribution in [0.1, 0.15) is 60.3 Å². The Kier molecular flexibility index (Phi) is 8.37. The summed E-state index contributed by atoms with van der Waals surface area (Å²) < 4.78 is 28.8. The normalized spacial score (nSPS) is 21.7. The second kappa shape index (κ2) is 12.4. The van der Waals surface area contributed by atoms with E-state index in [0.717, 1.165) is 43.0 Å². The number of hydrogen-bond acceptors (Lipinski definition) is 8. The molecule has 3 atom stereocenters. The van der Waals surface area contributed by atoms with E-state index in [-0.39, 0.29) is 41.4 Å². The summed E-state index contributed by atoms with van der Waals surface area (Å²) in [5, 5.41) is 2.66. The largest absolute Gasteiger partial charge is 0.462 e. The maximum atomic E-state index is 16.8. The first-order valence-electron chi connectivity index (χ1n) is 16.7. The summed E-state index contributed by atoms with van der Waals surface area (Å²) in [6.07, 6.45) is 5.22. The average Bonchev–Trinajstić information content (AvgIpc) is 3.61. The summed E-state index contributed by atoms with van der Waals surface area (Å²) in [4.78, 5) is 33.8. The highest BCUT2D eigenvalue weighted by Crippen LogP contribution is 2.39. The highest BCUT2D eigenvalue weighted by Gasteiger charge is 2.45. The quantitative estimate of drug-likeness (QED) is 0.211. The molecule has 0 spiro atoms. The summed E-state index contributed by atoms with van der Waals surface area (Å²) in [7, 11) is 0. The highest BCUT2D eigenvalue weighted by atomic mass is 35.5. The molecule has 0 saturated carbocycles. The molecule has 9 nitrogen and oxygen atoms in total. The molecule has 1 amide bonds. The number of amides is 1. The molecule has 2 aromatic heterocycles. The summed E-state index contributed by atoms with van der Waals surface area (Å²) in [5.74, 6) is 0.00948. The third-order valence-electron chi connectivity index (χ3n) is 9.63. The fourth-order valence-corrected chi connectivity index (χ4v) is 7.87. The van der Waals surface area contributed by atoms with Crippen molar-refractivity contribution in [3.05, 3.63) is 53.4 Å². The maximum Gasteiger partial charge on any atom is 0.410 e. The molecular formula is C36H42ClFN6O3. The molecule has 7 rings (SSSR count). The second-order valence-electron chi connectivity index (χ2n) is 14.3. The summed E-state index contributed by atoms with van der Waals surface area (Å²) in [6, 6.07) is 12.0. The first kappa shape index (κ1) is 31.8. The first-order chi connectivity index (χ1) is 22.5. The number of anilines is 1. The van der Waals surface area contributed by atoms with Crippen LogP contribution in [-0.4, -0.2) is 86.9 Å². The molecule has 11 heteroatoms. The topological polar surface area (TPSA) is 83.9 Å². The van der Waals surface area contributed by atoms with Gasteiger partial charge in [-0.2, -0.15) is 9.97 Å². The van der Waals surface area contributed by atoms with Gasteiger partial charge in [0.15, 0.2) is 5.82 Å². The molecule has 3 fully saturated rings. The lowest BCUT2D eigenvalue weighted by Gasteiger charge is -2.42. The average molecular weight is 661 g/mol. The lowest BCUT2D eigenvalue weighted by atomic mass is 10.0. The van der Waals surface area contributed by atoms with Crippen LogP contribution >= 0.6 is 11.6 Å². The van der Waals surface area contributed by atoms with E-state index in [1.165, 1.54) is 0 Å². The van der Waals surface area contributed by atoms with Crippen molar-refractivity contribution >= 4 is 45.2 Å². The van der Waals surface area contributed by atoms with Crippen molar-refractivity contribution in [3.8, 4) is 17.3 Å². The Morgan fingerprint density at radius 3 is 2.49 bits per heavy atom. The van der Waals surface area contributed by atoms with Crippen LogP contribution in [0.15, 0.2) is 42.6 Å². The zero-order chi connectivity index (χ0) is 33.0. The molecule has 3 aliphatic heterocycles. The lowest BCUT2D eigenvalue weighted by molar-refractivity contribution is 0.0122. The van der Waals surface area contributed by atoms with Crippen LogP contribution in [0.4, 0.5) is 15.0 Å². The van der Waals surface area contributed by atoms with Gasteiger partial charge in [0.25, 0.3) is 0 Å². The van der Waals surface area contributed by atoms with E-state index < -0.39 is 11.4 Å². The number of piperazine rings is 1. The Morgan fingerprint density at radius 1 is 1.06 bits per heavy atom. The van der Waals surface area contributed by atoms with Crippen molar-refractivity contribution < 1.29 is 18.7 Å². The number of fused-ring (bicyclic) bond motifs is 4. The SMILES string of the molecule is CC(C)N1CCC[C@H]1COc1nc(N2C[C@H]3CC[C@@H](C2)N3C(=O)OC(C)(C)C)c2cnc(-c3cccc4cccc(Cl)c34)c(F)c2n1. The third kappa shape index (κ3) is 6.06. The standard InChI is InChI=1S/C36H42ClFN6O3/c1-21(2)43-16-8-11-25(43)20-46-34-40-32-27(17-39-31(30(32)38)26-12-6-9-22-10-7-13-28(37)29(22)26)33(41-34)42-18-23-14-15-24(19-42)44(23)35(45)47-36(3,4)5/h6-7,9-10,12-13,17,21,23-25H,8,11,14-16,18-20H2,1-5H3/t23-,24+,25-/m0/s1. The molecular weight excluding hydrogens is 619 g/mol. The summed E-state index contributed by atoms with van der Waals surface area (Å²) in [6.45, 7) is 12.5. The molecule has 5 heterocycles. The van der Waals surface area contributed by atoms with Gasteiger partial charge in [-0.1, -0.05) is 41.9 Å². The van der Waals surface area contributed by atoms with Gasteiger partial charge in [-0.3, -0.25) is 14.8 Å². The van der Waals surface area contributed by atoms with Gasteiger partial charge in [0.1, 0.15) is 29.2 Å². The Hall–Kier alpha value is -3.76. The molecule has 248 valence electrons. The number of halogens is 2. The van der Waals surface area contributed by atoms with Crippen molar-refractivity contribution in [2.75, 3.05) is 31.1 Å². The van der Waals surface area contributed by atoms with Crippen molar-refractivity contribution in [1.29, 1.82) is 0 Å². The van der Waals surface area contributed by atoms with Crippen LogP contribution in [0, 0.1) is 5.82 Å². The molecule has 2 bridgehead atoms. The second-order valence-corrected chi connectivity index (χ2v) is 14.7. The zero-order valence-electron chi connectivity index (χ0n) is 27.7. The van der Waals surface area contributed by atoms with Gasteiger partial charge < -0.3 is 14.4 Å². The molecule has 3 saturated heterocycles. The Balaban J connectivity index is 1.29. The Morgan fingerprint density at radius 2 is 1.79 bits per heavy atom. The Labute approximate surface area is 280 Å². The molecule has 0 aliphatic carbocycles. The van der Waals surface area contributed by atoms with E-state index in [1.807, 2.05) is 56.0 Å². The fraction of sp³-hybridized carbons (Fsp3) is 0.500. The van der Waals surface area contributed by atoms with Crippen LogP contribution in [-0.2, 0) is 4.74 Å². The first-order valence-corrected chi connectivity index (χ1v) is 17.0. The molecule has 0 radical (unpaired) electrons. The number of rotatable bonds is 6. The van der Waals surface area contributed by atoms with Crippen molar-refractivity contribution in [2.24, 2.45) is 0 Å². The van der Waals surface area contributed by atoms with Crippen molar-refractivity contribution in [2.45, 2.75) is 90.1 Å². The van der Waals surface area contributed by atoms with E-state index in [9.17, 15) is 4.79 Å². The van der Waals surface area contributed by atoms with Gasteiger partial charge in [0.05, 0.1) is 17.5 Å². The number of benzene rings is 2. The van der Waals surface area contributed by atoms with Gasteiger partial charge in [-0.05, 0) is 78.3 Å². The zero-order valence-corrected chi connectivity index (χ0v) is 28.4. The number of pyridine rings is 1. The summed E-state index contributed by atoms with van der Waals surface area (Å²) in [5.41, 5.74) is 0.330. The van der Waals surface area contributed by atoms with Gasteiger partial charge in [-0.15, -0.1) is 0 Å². The minimum atomic E-state index is -0.581. The van der Waals surface area contributed by atoms with Crippen LogP contribution in [0.5, 0.6) is 6.01 Å². The fourth-order valence-electron chi connectivity index (χ4n) is 7.58. The summed E-state index contributed by atoms with van der Waals surface area (Å²) >= 11 is 6.63. The van der Waals surface area contributed by atoms with Crippen LogP contribution in [0.25, 0.3) is 32.9 Å². The lowest BCUT2D eigenvalue weighted by Crippen LogP contribution is -2.57. The number of nitrogens with zero attached hydrogens (tertiary/aromatic N) is 6. The van der Waals surface area contributed by atoms with Crippen LogP contribution in [0.2, 0.25) is 5.02 Å². The smallest absolute Gasteiger partial charge is 0.410 e. The molecule has 0 N–H and O–H groups in total. The van der Waals surface area contributed by atoms with E-state index in [1.54, 1.807) is 12.3 Å². The van der Waals surface area contributed by atoms with Gasteiger partial charge >= 0.3 is 12.1 Å². The van der Waals surface area contributed by atoms with Crippen LogP contribution in [0.3, 0.4) is 0 Å². The van der Waals surface area contributed by atoms with Gasteiger partial charge in [0, 0.05) is 47.3 Å². The van der Waals surface area contributed by atoms with Gasteiger partial charge in [-0.25, -0.2) is 9.18 Å². The number of ether oxygens (including phenoxy) is 2. The van der Waals surface area contributed by atoms with E-state index in [0.29, 0.717) is 47.5 Å². The predicted molar refractivity (Wildman–Crippen MR) is 183 cm³/mol. The van der Waals surface area contributed by atoms with E-state index in [4.69, 9.17) is 26.1 Å². The highest BCUT2D eigenvalue weighted by molar-refractivity contribution is 6.36. The van der Waals surface area contributed by atoms with Crippen molar-refractivity contribution in [1.82, 2.24) is 24.8 Å². The maximum absolute atomic E-state index is 16.8. The number of carbonyl (C=O) groups is 1. The minimum absolute atomic E-state index is 0.0500. The molecule has 0 unspecified atom stereocenters. The predicted octanol–water partition coefficient (Wildman–Crippen LogP) is 7.48. The molecule has 3 aliphatic rings. The third-order valence-corrected chi connectivity index (χ3v) is 9.94. The Bertz CT molecular complexity index is 1810. The molecule has 47 heavy (non-hydrogen) atoms. The monoisotopic (exact) mass is 660 g/mol. The van der Waals surface area contributed by atoms with Crippen molar-refractivity contribution in [3.63, 3.8) is 0 Å². The molecule has 2 aromatic carbocycles. The molecule has 4 aromatic rings. The van der Waals surface area contributed by atoms with Crippen LogP contribution < -0.4 is 9.64 Å². The number of aromatic nitrogens is 3. The number of hydrogen-bond donors (Lipinski definition) is 0. The van der Waals surface area contributed by atoms with Gasteiger partial charge in [0.2, 0.25) is 0 Å². The minimum Gasteiger partial charge on any atom is -0.462 e. The number of carbonyl (C=O) groups excluding carboxylic acids is 1. The van der Waals surface area contributed by atoms with E-state index in [2.05, 4.69) is 33.6 Å². The number of likely N-dealkylation sites (tertiary alicyclic amines) is 1.